The molecule has 0 spiro atoms. The molecule has 6 nitrogen and oxygen atoms in total. The van der Waals surface area contributed by atoms with Crippen molar-refractivity contribution in [3.8, 4) is 5.69 Å². The largest absolute Gasteiger partial charge is 0.290 e. The van der Waals surface area contributed by atoms with Crippen LogP contribution >= 0.6 is 0 Å². The smallest absolute Gasteiger partial charge is 0.284 e. The molecule has 2 heterocycles. The van der Waals surface area contributed by atoms with Crippen molar-refractivity contribution in [2.75, 3.05) is 0 Å². The number of aryl methyl sites for hydroxylation is 2. The van der Waals surface area contributed by atoms with E-state index < -0.39 is 0 Å². The minimum atomic E-state index is -0.193. The van der Waals surface area contributed by atoms with Crippen LogP contribution in [0.3, 0.4) is 0 Å². The van der Waals surface area contributed by atoms with Crippen LogP contribution in [0.5, 0.6) is 0 Å². The predicted octanol–water partition coefficient (Wildman–Crippen LogP) is 3.20. The van der Waals surface area contributed by atoms with Crippen LogP contribution in [0.25, 0.3) is 16.9 Å². The molecule has 0 amide bonds. The van der Waals surface area contributed by atoms with Gasteiger partial charge in [0.05, 0.1) is 11.7 Å². The Morgan fingerprint density at radius 1 is 1.00 bits per heavy atom. The second-order valence-electron chi connectivity index (χ2n) is 6.49. The zero-order valence-electron chi connectivity index (χ0n) is 14.9. The van der Waals surface area contributed by atoms with Gasteiger partial charge in [0.2, 0.25) is 0 Å². The molecule has 0 fully saturated rings. The summed E-state index contributed by atoms with van der Waals surface area (Å²) in [5.74, 6) is 0. The van der Waals surface area contributed by atoms with Crippen molar-refractivity contribution in [1.82, 2.24) is 24.5 Å². The lowest BCUT2D eigenvalue weighted by atomic mass is 10.1. The summed E-state index contributed by atoms with van der Waals surface area (Å²) < 4.78 is 3.21. The van der Waals surface area contributed by atoms with Crippen molar-refractivity contribution in [3.05, 3.63) is 81.9 Å². The highest BCUT2D eigenvalue weighted by Gasteiger charge is 2.17. The van der Waals surface area contributed by atoms with Crippen LogP contribution in [-0.2, 0) is 0 Å². The third kappa shape index (κ3) is 2.60. The van der Waals surface area contributed by atoms with Crippen LogP contribution in [0.2, 0.25) is 0 Å². The Kier molecular flexibility index (Phi) is 3.88. The number of hydrogen-bond acceptors (Lipinski definition) is 4. The Bertz CT molecular complexity index is 1140. The van der Waals surface area contributed by atoms with Crippen molar-refractivity contribution < 1.29 is 0 Å². The fraction of sp³-hybridized carbons (Fsp3) is 0.200. The fourth-order valence-electron chi connectivity index (χ4n) is 3.02. The number of hydrogen-bond donors (Lipinski definition) is 0. The molecule has 26 heavy (non-hydrogen) atoms. The summed E-state index contributed by atoms with van der Waals surface area (Å²) in [6, 6.07) is 15.7. The van der Waals surface area contributed by atoms with E-state index in [2.05, 4.69) is 22.2 Å². The summed E-state index contributed by atoms with van der Waals surface area (Å²) in [6.45, 7) is 6.07. The quantitative estimate of drug-likeness (QED) is 0.572. The topological polar surface area (TPSA) is 65.6 Å². The van der Waals surface area contributed by atoms with Gasteiger partial charge in [-0.1, -0.05) is 41.6 Å². The summed E-state index contributed by atoms with van der Waals surface area (Å²) in [5.41, 5.74) is 4.78. The molecule has 0 aliphatic carbocycles. The molecule has 4 aromatic rings. The third-order valence-corrected chi connectivity index (χ3v) is 4.82. The molecule has 0 N–H and O–H groups in total. The highest BCUT2D eigenvalue weighted by Crippen LogP contribution is 2.18. The van der Waals surface area contributed by atoms with Crippen LogP contribution in [0.4, 0.5) is 0 Å². The van der Waals surface area contributed by atoms with Gasteiger partial charge < -0.3 is 0 Å². The number of rotatable bonds is 3. The number of nitrogens with zero attached hydrogens (tertiary/aromatic N) is 5. The average molecular weight is 345 g/mol. The molecular weight excluding hydrogens is 326 g/mol. The van der Waals surface area contributed by atoms with E-state index in [4.69, 9.17) is 0 Å². The Morgan fingerprint density at radius 3 is 2.50 bits per heavy atom. The van der Waals surface area contributed by atoms with Gasteiger partial charge in [0.25, 0.3) is 5.56 Å². The van der Waals surface area contributed by atoms with Crippen LogP contribution < -0.4 is 5.56 Å². The molecule has 0 unspecified atom stereocenters. The summed E-state index contributed by atoms with van der Waals surface area (Å²) in [4.78, 5) is 17.4. The predicted molar refractivity (Wildman–Crippen MR) is 101 cm³/mol. The minimum Gasteiger partial charge on any atom is -0.290 e. The van der Waals surface area contributed by atoms with Gasteiger partial charge in [0.1, 0.15) is 6.33 Å². The highest BCUT2D eigenvalue weighted by molar-refractivity contribution is 5.70. The molecule has 0 aliphatic rings. The van der Waals surface area contributed by atoms with E-state index in [1.165, 1.54) is 5.56 Å². The first kappa shape index (κ1) is 16.2. The maximum absolute atomic E-state index is 12.9. The Balaban J connectivity index is 1.83. The normalized spacial score (nSPS) is 12.4. The van der Waals surface area contributed by atoms with Crippen LogP contribution in [0.1, 0.15) is 29.7 Å². The molecule has 2 aromatic carbocycles. The Morgan fingerprint density at radius 2 is 1.77 bits per heavy atom. The second-order valence-corrected chi connectivity index (χ2v) is 6.49. The summed E-state index contributed by atoms with van der Waals surface area (Å²) >= 11 is 0. The number of benzene rings is 2. The van der Waals surface area contributed by atoms with Crippen molar-refractivity contribution in [2.45, 2.75) is 26.8 Å². The molecule has 0 saturated heterocycles. The molecule has 0 radical (unpaired) electrons. The van der Waals surface area contributed by atoms with E-state index in [0.717, 1.165) is 16.8 Å². The fourth-order valence-corrected chi connectivity index (χ4v) is 3.02. The third-order valence-electron chi connectivity index (χ3n) is 4.82. The van der Waals surface area contributed by atoms with Gasteiger partial charge >= 0.3 is 0 Å². The molecular formula is C20H19N5O. The molecule has 4 rings (SSSR count). The second kappa shape index (κ2) is 6.22. The monoisotopic (exact) mass is 345 g/mol. The van der Waals surface area contributed by atoms with Gasteiger partial charge in [-0.05, 0) is 49.6 Å². The molecule has 2 aromatic heterocycles. The zero-order valence-corrected chi connectivity index (χ0v) is 14.9. The van der Waals surface area contributed by atoms with Gasteiger partial charge in [-0.2, -0.15) is 4.68 Å². The maximum atomic E-state index is 12.9. The van der Waals surface area contributed by atoms with Crippen LogP contribution in [0, 0.1) is 13.8 Å². The highest BCUT2D eigenvalue weighted by atomic mass is 16.1. The average Bonchev–Trinajstić information content (AvgIpc) is 3.09. The molecule has 0 bridgehead atoms. The lowest BCUT2D eigenvalue weighted by Gasteiger charge is -2.14. The first-order chi connectivity index (χ1) is 12.6. The summed E-state index contributed by atoms with van der Waals surface area (Å²) in [5, 5.41) is 8.26. The van der Waals surface area contributed by atoms with Crippen molar-refractivity contribution in [3.63, 3.8) is 0 Å². The molecule has 1 atom stereocenters. The lowest BCUT2D eigenvalue weighted by molar-refractivity contribution is 0.607. The van der Waals surface area contributed by atoms with Gasteiger partial charge in [0, 0.05) is 0 Å². The first-order valence-electron chi connectivity index (χ1n) is 8.51. The van der Waals surface area contributed by atoms with E-state index in [9.17, 15) is 4.79 Å². The van der Waals surface area contributed by atoms with Crippen molar-refractivity contribution in [1.29, 1.82) is 0 Å². The van der Waals surface area contributed by atoms with E-state index in [0.29, 0.717) is 5.65 Å². The SMILES string of the molecule is Cc1ccc(-n2nnc3c(=O)n([C@@H](C)c4ccccc4)cnc32)cc1C. The lowest BCUT2D eigenvalue weighted by Crippen LogP contribution is -2.24. The van der Waals surface area contributed by atoms with Crippen LogP contribution in [0.15, 0.2) is 59.7 Å². The Hall–Kier alpha value is -3.28. The van der Waals surface area contributed by atoms with Gasteiger partial charge in [-0.15, -0.1) is 5.10 Å². The van der Waals surface area contributed by atoms with E-state index in [1.807, 2.05) is 62.4 Å². The molecule has 6 heteroatoms. The molecule has 130 valence electrons. The van der Waals surface area contributed by atoms with Gasteiger partial charge in [-0.25, -0.2) is 4.98 Å². The van der Waals surface area contributed by atoms with E-state index in [1.54, 1.807) is 15.6 Å². The van der Waals surface area contributed by atoms with Crippen LogP contribution in [-0.4, -0.2) is 24.5 Å². The zero-order chi connectivity index (χ0) is 18.3. The summed E-state index contributed by atoms with van der Waals surface area (Å²) in [7, 11) is 0. The first-order valence-corrected chi connectivity index (χ1v) is 8.51. The maximum Gasteiger partial charge on any atom is 0.284 e. The van der Waals surface area contributed by atoms with Gasteiger partial charge in [-0.3, -0.25) is 9.36 Å². The summed E-state index contributed by atoms with van der Waals surface area (Å²) in [6.07, 6.45) is 1.57. The standard InChI is InChI=1S/C20H19N5O/c1-13-9-10-17(11-14(13)2)25-19-18(22-23-25)20(26)24(12-21-19)15(3)16-7-5-4-6-8-16/h4-12,15H,1-3H3/t15-/m0/s1. The van der Waals surface area contributed by atoms with E-state index in [-0.39, 0.29) is 17.1 Å². The van der Waals surface area contributed by atoms with Gasteiger partial charge in [0.15, 0.2) is 11.2 Å². The molecule has 0 aliphatic heterocycles. The number of fused-ring (bicyclic) bond motifs is 1. The Labute approximate surface area is 150 Å². The number of aromatic nitrogens is 5. The molecule has 0 saturated carbocycles. The van der Waals surface area contributed by atoms with Crippen molar-refractivity contribution in [2.24, 2.45) is 0 Å². The minimum absolute atomic E-state index is 0.132. The van der Waals surface area contributed by atoms with E-state index >= 15 is 0 Å². The van der Waals surface area contributed by atoms with Crippen molar-refractivity contribution >= 4 is 11.2 Å².